The lowest BCUT2D eigenvalue weighted by molar-refractivity contribution is -0.144. The van der Waals surface area contributed by atoms with E-state index in [-0.39, 0.29) is 0 Å². The van der Waals surface area contributed by atoms with Gasteiger partial charge in [-0.25, -0.2) is 0 Å². The fourth-order valence-electron chi connectivity index (χ4n) is 4.14. The summed E-state index contributed by atoms with van der Waals surface area (Å²) in [5.41, 5.74) is 0. The van der Waals surface area contributed by atoms with Crippen molar-refractivity contribution in [1.29, 1.82) is 0 Å². The van der Waals surface area contributed by atoms with Crippen LogP contribution >= 0.6 is 11.3 Å². The van der Waals surface area contributed by atoms with Gasteiger partial charge >= 0.3 is 0 Å². The Morgan fingerprint density at radius 3 is 3.00 bits per heavy atom. The van der Waals surface area contributed by atoms with E-state index in [9.17, 15) is 9.59 Å². The molecule has 0 bridgehead atoms. The maximum atomic E-state index is 12.5. The first-order chi connectivity index (χ1) is 11.7. The first kappa shape index (κ1) is 17.5. The lowest BCUT2D eigenvalue weighted by Crippen LogP contribution is -2.57. The summed E-state index contributed by atoms with van der Waals surface area (Å²) in [5.74, 6) is 1.09. The van der Waals surface area contributed by atoms with Crippen LogP contribution in [0, 0.1) is 5.92 Å². The number of piperidine rings is 2. The van der Waals surface area contributed by atoms with Crippen molar-refractivity contribution in [3.8, 4) is 0 Å². The third-order valence-electron chi connectivity index (χ3n) is 5.35. The molecular formula is C19H28N2O2S. The Morgan fingerprint density at radius 1 is 1.38 bits per heavy atom. The van der Waals surface area contributed by atoms with Gasteiger partial charge in [-0.2, -0.15) is 0 Å². The summed E-state index contributed by atoms with van der Waals surface area (Å²) in [7, 11) is 0. The van der Waals surface area contributed by atoms with Gasteiger partial charge in [0.05, 0.1) is 0 Å². The molecule has 2 atom stereocenters. The van der Waals surface area contributed by atoms with Crippen LogP contribution < -0.4 is 0 Å². The topological polar surface area (TPSA) is 40.6 Å². The molecule has 2 aliphatic heterocycles. The van der Waals surface area contributed by atoms with Gasteiger partial charge in [0.15, 0.2) is 0 Å². The van der Waals surface area contributed by atoms with Crippen molar-refractivity contribution < 1.29 is 9.59 Å². The molecule has 2 fully saturated rings. The Labute approximate surface area is 148 Å². The van der Waals surface area contributed by atoms with E-state index < -0.39 is 0 Å². The van der Waals surface area contributed by atoms with E-state index in [1.165, 1.54) is 4.88 Å². The number of nitrogens with zero attached hydrogens (tertiary/aromatic N) is 2. The molecule has 0 aliphatic carbocycles. The molecule has 3 heterocycles. The molecule has 1 aromatic rings. The molecule has 2 amide bonds. The molecule has 0 radical (unpaired) electrons. The van der Waals surface area contributed by atoms with Gasteiger partial charge in [0, 0.05) is 43.4 Å². The Hall–Kier alpha value is -1.36. The van der Waals surface area contributed by atoms with Crippen LogP contribution in [0.1, 0.15) is 50.3 Å². The zero-order chi connectivity index (χ0) is 16.9. The number of thiophene rings is 1. The molecule has 5 heteroatoms. The van der Waals surface area contributed by atoms with E-state index in [2.05, 4.69) is 34.2 Å². The molecule has 24 heavy (non-hydrogen) atoms. The average Bonchev–Trinajstić information content (AvgIpc) is 3.10. The third-order valence-corrected chi connectivity index (χ3v) is 6.29. The van der Waals surface area contributed by atoms with Crippen LogP contribution in [0.4, 0.5) is 0 Å². The van der Waals surface area contributed by atoms with Gasteiger partial charge in [-0.1, -0.05) is 13.0 Å². The highest BCUT2D eigenvalue weighted by molar-refractivity contribution is 7.09. The monoisotopic (exact) mass is 348 g/mol. The van der Waals surface area contributed by atoms with E-state index in [0.717, 1.165) is 51.7 Å². The summed E-state index contributed by atoms with van der Waals surface area (Å²) < 4.78 is 0. The SMILES string of the molecule is CCCN1C(=O)CC[C@H]2CN(C(=O)CCCc3cccs3)CC[C@H]21. The van der Waals surface area contributed by atoms with Crippen molar-refractivity contribution in [1.82, 2.24) is 9.80 Å². The maximum Gasteiger partial charge on any atom is 0.222 e. The second-order valence-corrected chi connectivity index (χ2v) is 8.05. The van der Waals surface area contributed by atoms with Gasteiger partial charge in [0.1, 0.15) is 0 Å². The molecule has 2 aliphatic rings. The van der Waals surface area contributed by atoms with Gasteiger partial charge in [0.25, 0.3) is 0 Å². The van der Waals surface area contributed by atoms with Crippen molar-refractivity contribution >= 4 is 23.2 Å². The summed E-state index contributed by atoms with van der Waals surface area (Å²) in [6, 6.07) is 4.57. The smallest absolute Gasteiger partial charge is 0.222 e. The summed E-state index contributed by atoms with van der Waals surface area (Å²) in [5, 5.41) is 2.09. The van der Waals surface area contributed by atoms with Crippen molar-refractivity contribution in [2.75, 3.05) is 19.6 Å². The molecule has 0 spiro atoms. The molecule has 1 aromatic heterocycles. The summed E-state index contributed by atoms with van der Waals surface area (Å²) in [6.07, 6.45) is 6.15. The van der Waals surface area contributed by atoms with E-state index in [4.69, 9.17) is 0 Å². The van der Waals surface area contributed by atoms with E-state index in [1.54, 1.807) is 11.3 Å². The van der Waals surface area contributed by atoms with E-state index >= 15 is 0 Å². The van der Waals surface area contributed by atoms with Gasteiger partial charge in [-0.15, -0.1) is 11.3 Å². The molecule has 0 saturated carbocycles. The number of hydrogen-bond donors (Lipinski definition) is 0. The number of fused-ring (bicyclic) bond motifs is 1. The number of carbonyl (C=O) groups excluding carboxylic acids is 2. The van der Waals surface area contributed by atoms with Crippen molar-refractivity contribution in [3.63, 3.8) is 0 Å². The highest BCUT2D eigenvalue weighted by atomic mass is 32.1. The predicted molar refractivity (Wildman–Crippen MR) is 97.0 cm³/mol. The molecule has 0 N–H and O–H groups in total. The average molecular weight is 349 g/mol. The molecule has 132 valence electrons. The van der Waals surface area contributed by atoms with Gasteiger partial charge < -0.3 is 9.80 Å². The minimum absolute atomic E-state index is 0.295. The van der Waals surface area contributed by atoms with Crippen LogP contribution in [0.25, 0.3) is 0 Å². The Kier molecular flexibility index (Phi) is 5.93. The summed E-state index contributed by atoms with van der Waals surface area (Å²) in [6.45, 7) is 4.65. The zero-order valence-electron chi connectivity index (χ0n) is 14.6. The van der Waals surface area contributed by atoms with Crippen LogP contribution in [0.15, 0.2) is 17.5 Å². The van der Waals surface area contributed by atoms with Crippen LogP contribution in [0.2, 0.25) is 0 Å². The van der Waals surface area contributed by atoms with Gasteiger partial charge in [-0.05, 0) is 49.5 Å². The molecule has 4 nitrogen and oxygen atoms in total. The van der Waals surface area contributed by atoms with Crippen LogP contribution in [-0.4, -0.2) is 47.3 Å². The highest BCUT2D eigenvalue weighted by Gasteiger charge is 2.39. The summed E-state index contributed by atoms with van der Waals surface area (Å²) in [4.78, 5) is 30.2. The molecule has 2 saturated heterocycles. The van der Waals surface area contributed by atoms with Crippen LogP contribution in [0.5, 0.6) is 0 Å². The van der Waals surface area contributed by atoms with E-state index in [1.807, 2.05) is 0 Å². The predicted octanol–water partition coefficient (Wildman–Crippen LogP) is 3.32. The fourth-order valence-corrected chi connectivity index (χ4v) is 4.89. The van der Waals surface area contributed by atoms with E-state index in [0.29, 0.717) is 36.6 Å². The van der Waals surface area contributed by atoms with Gasteiger partial charge in [-0.3, -0.25) is 9.59 Å². The highest BCUT2D eigenvalue weighted by Crippen LogP contribution is 2.31. The number of rotatable bonds is 6. The quantitative estimate of drug-likeness (QED) is 0.791. The number of likely N-dealkylation sites (tertiary alicyclic amines) is 2. The fraction of sp³-hybridized carbons (Fsp3) is 0.684. The summed E-state index contributed by atoms with van der Waals surface area (Å²) >= 11 is 1.77. The minimum atomic E-state index is 0.295. The number of carbonyl (C=O) groups is 2. The number of hydrogen-bond acceptors (Lipinski definition) is 3. The first-order valence-electron chi connectivity index (χ1n) is 9.28. The molecular weight excluding hydrogens is 320 g/mol. The zero-order valence-corrected chi connectivity index (χ0v) is 15.4. The Balaban J connectivity index is 1.49. The molecule has 0 unspecified atom stereocenters. The lowest BCUT2D eigenvalue weighted by Gasteiger charge is -2.47. The largest absolute Gasteiger partial charge is 0.342 e. The molecule has 3 rings (SSSR count). The third kappa shape index (κ3) is 4.00. The van der Waals surface area contributed by atoms with Crippen LogP contribution in [0.3, 0.4) is 0 Å². The Bertz CT molecular complexity index is 558. The number of amides is 2. The van der Waals surface area contributed by atoms with Crippen molar-refractivity contribution in [3.05, 3.63) is 22.4 Å². The minimum Gasteiger partial charge on any atom is -0.342 e. The second kappa shape index (κ2) is 8.15. The lowest BCUT2D eigenvalue weighted by atomic mass is 9.83. The van der Waals surface area contributed by atoms with Gasteiger partial charge in [0.2, 0.25) is 11.8 Å². The van der Waals surface area contributed by atoms with Crippen molar-refractivity contribution in [2.24, 2.45) is 5.92 Å². The molecule has 0 aromatic carbocycles. The Morgan fingerprint density at radius 2 is 2.25 bits per heavy atom. The number of aryl methyl sites for hydroxylation is 1. The normalized spacial score (nSPS) is 24.1. The standard InChI is InChI=1S/C19H28N2O2S/c1-2-11-21-17-10-12-20(14-15(17)8-9-19(21)23)18(22)7-3-5-16-6-4-13-24-16/h4,6,13,15,17H,2-3,5,7-12,14H2,1H3/t15-,17+/m0/s1. The van der Waals surface area contributed by atoms with Crippen LogP contribution in [-0.2, 0) is 16.0 Å². The maximum absolute atomic E-state index is 12.5. The second-order valence-electron chi connectivity index (χ2n) is 7.01. The first-order valence-corrected chi connectivity index (χ1v) is 10.2. The van der Waals surface area contributed by atoms with Crippen molar-refractivity contribution in [2.45, 2.75) is 57.9 Å².